The van der Waals surface area contributed by atoms with Crippen LogP contribution in [0.4, 0.5) is 8.78 Å². The van der Waals surface area contributed by atoms with Crippen LogP contribution in [0.2, 0.25) is 5.15 Å². The highest BCUT2D eigenvalue weighted by Crippen LogP contribution is 2.30. The van der Waals surface area contributed by atoms with Crippen molar-refractivity contribution in [3.8, 4) is 11.3 Å². The molecule has 0 aliphatic carbocycles. The van der Waals surface area contributed by atoms with Crippen LogP contribution in [0.5, 0.6) is 0 Å². The highest BCUT2D eigenvalue weighted by atomic mass is 35.5. The Hall–Kier alpha value is -2.08. The first kappa shape index (κ1) is 14.8. The normalized spacial score (nSPS) is 11.6. The highest BCUT2D eigenvalue weighted by Gasteiger charge is 2.18. The van der Waals surface area contributed by atoms with Crippen molar-refractivity contribution >= 4 is 22.6 Å². The monoisotopic (exact) mass is 322 g/mol. The molecule has 2 aromatic heterocycles. The van der Waals surface area contributed by atoms with Crippen LogP contribution in [0.3, 0.4) is 0 Å². The van der Waals surface area contributed by atoms with E-state index in [4.69, 9.17) is 11.6 Å². The molecule has 4 nitrogen and oxygen atoms in total. The number of hydrogen-bond donors (Lipinski definition) is 0. The van der Waals surface area contributed by atoms with E-state index in [1.807, 2.05) is 18.4 Å². The molecule has 0 radical (unpaired) electrons. The van der Waals surface area contributed by atoms with Crippen LogP contribution in [-0.4, -0.2) is 19.5 Å². The van der Waals surface area contributed by atoms with Crippen molar-refractivity contribution in [3.05, 3.63) is 41.1 Å². The van der Waals surface area contributed by atoms with E-state index >= 15 is 0 Å². The molecule has 0 saturated carbocycles. The molecular formula is C15H13ClF2N4. The van der Waals surface area contributed by atoms with Crippen LogP contribution in [0, 0.1) is 18.6 Å². The van der Waals surface area contributed by atoms with Crippen molar-refractivity contribution in [3.63, 3.8) is 0 Å². The van der Waals surface area contributed by atoms with Crippen molar-refractivity contribution in [2.75, 3.05) is 0 Å². The minimum atomic E-state index is -0.768. The maximum atomic E-state index is 14.3. The van der Waals surface area contributed by atoms with Crippen molar-refractivity contribution in [2.24, 2.45) is 0 Å². The smallest absolute Gasteiger partial charge is 0.186 e. The van der Waals surface area contributed by atoms with Gasteiger partial charge in [0.25, 0.3) is 0 Å². The van der Waals surface area contributed by atoms with Gasteiger partial charge in [-0.1, -0.05) is 11.6 Å². The molecule has 2 heterocycles. The van der Waals surface area contributed by atoms with Gasteiger partial charge in [-0.3, -0.25) is 0 Å². The molecule has 0 amide bonds. The van der Waals surface area contributed by atoms with Crippen molar-refractivity contribution in [1.82, 2.24) is 19.5 Å². The average Bonchev–Trinajstić information content (AvgIpc) is 2.78. The average molecular weight is 323 g/mol. The van der Waals surface area contributed by atoms with Crippen LogP contribution in [-0.2, 0) is 0 Å². The topological polar surface area (TPSA) is 43.6 Å². The van der Waals surface area contributed by atoms with Gasteiger partial charge in [-0.15, -0.1) is 0 Å². The molecule has 22 heavy (non-hydrogen) atoms. The molecule has 7 heteroatoms. The largest absolute Gasteiger partial charge is 0.326 e. The predicted molar refractivity (Wildman–Crippen MR) is 80.8 cm³/mol. The third-order valence-corrected chi connectivity index (χ3v) is 3.73. The Morgan fingerprint density at radius 1 is 1.18 bits per heavy atom. The number of hydrogen-bond acceptors (Lipinski definition) is 3. The lowest BCUT2D eigenvalue weighted by Crippen LogP contribution is -2.03. The zero-order valence-corrected chi connectivity index (χ0v) is 13.0. The lowest BCUT2D eigenvalue weighted by atomic mass is 10.1. The lowest BCUT2D eigenvalue weighted by molar-refractivity contribution is 0.600. The zero-order valence-electron chi connectivity index (χ0n) is 12.2. The summed E-state index contributed by atoms with van der Waals surface area (Å²) in [6, 6.07) is 2.97. The molecule has 0 N–H and O–H groups in total. The first-order chi connectivity index (χ1) is 10.4. The van der Waals surface area contributed by atoms with Gasteiger partial charge in [0.15, 0.2) is 16.8 Å². The second-order valence-corrected chi connectivity index (χ2v) is 5.63. The Labute approximate surface area is 130 Å². The van der Waals surface area contributed by atoms with E-state index in [0.717, 1.165) is 6.33 Å². The Bertz CT molecular complexity index is 874. The van der Waals surface area contributed by atoms with Gasteiger partial charge in [0.1, 0.15) is 23.4 Å². The Kier molecular flexibility index (Phi) is 3.56. The van der Waals surface area contributed by atoms with Crippen LogP contribution < -0.4 is 0 Å². The third-order valence-electron chi connectivity index (χ3n) is 3.46. The molecule has 0 spiro atoms. The predicted octanol–water partition coefficient (Wildman–Crippen LogP) is 4.31. The molecule has 114 valence electrons. The fourth-order valence-corrected chi connectivity index (χ4v) is 2.74. The fourth-order valence-electron chi connectivity index (χ4n) is 2.61. The number of rotatable bonds is 2. The molecular weight excluding hydrogens is 310 g/mol. The number of benzene rings is 1. The SMILES string of the molecule is Cc1nc2c(F)cc(-c3ncnc(Cl)c3F)cc2n1C(C)C. The number of fused-ring (bicyclic) bond motifs is 1. The number of halogens is 3. The summed E-state index contributed by atoms with van der Waals surface area (Å²) in [5, 5.41) is -0.293. The van der Waals surface area contributed by atoms with Gasteiger partial charge in [0.2, 0.25) is 0 Å². The fraction of sp³-hybridized carbons (Fsp3) is 0.267. The minimum absolute atomic E-state index is 0.0324. The summed E-state index contributed by atoms with van der Waals surface area (Å²) in [7, 11) is 0. The van der Waals surface area contributed by atoms with Gasteiger partial charge in [-0.25, -0.2) is 23.7 Å². The molecule has 0 aliphatic heterocycles. The first-order valence-electron chi connectivity index (χ1n) is 6.74. The van der Waals surface area contributed by atoms with E-state index in [9.17, 15) is 8.78 Å². The number of nitrogens with zero attached hydrogens (tertiary/aromatic N) is 4. The van der Waals surface area contributed by atoms with E-state index in [1.54, 1.807) is 13.0 Å². The van der Waals surface area contributed by atoms with Crippen LogP contribution in [0.25, 0.3) is 22.3 Å². The molecule has 1 aromatic carbocycles. The van der Waals surface area contributed by atoms with Gasteiger partial charge in [0, 0.05) is 11.6 Å². The Morgan fingerprint density at radius 3 is 2.59 bits per heavy atom. The third kappa shape index (κ3) is 2.23. The van der Waals surface area contributed by atoms with E-state index < -0.39 is 11.6 Å². The maximum Gasteiger partial charge on any atom is 0.186 e. The molecule has 0 atom stereocenters. The van der Waals surface area contributed by atoms with Gasteiger partial charge in [-0.2, -0.15) is 0 Å². The summed E-state index contributed by atoms with van der Waals surface area (Å²) in [6.45, 7) is 5.75. The quantitative estimate of drug-likeness (QED) is 0.660. The summed E-state index contributed by atoms with van der Waals surface area (Å²) < 4.78 is 30.3. The molecule has 3 aromatic rings. The summed E-state index contributed by atoms with van der Waals surface area (Å²) in [5.74, 6) is -0.596. The van der Waals surface area contributed by atoms with Crippen LogP contribution in [0.15, 0.2) is 18.5 Å². The Balaban J connectivity index is 2.33. The van der Waals surface area contributed by atoms with E-state index in [1.165, 1.54) is 6.07 Å². The summed E-state index contributed by atoms with van der Waals surface area (Å²) in [5.41, 5.74) is 1.12. The molecule has 0 unspecified atom stereocenters. The van der Waals surface area contributed by atoms with Gasteiger partial charge in [0.05, 0.1) is 5.52 Å². The minimum Gasteiger partial charge on any atom is -0.326 e. The second kappa shape index (κ2) is 5.28. The standard InChI is InChI=1S/C15H13ClF2N4/c1-7(2)22-8(3)21-14-10(17)4-9(5-11(14)22)13-12(18)15(16)20-6-19-13/h4-7H,1-3H3. The highest BCUT2D eigenvalue weighted by molar-refractivity contribution is 6.29. The van der Waals surface area contributed by atoms with E-state index in [-0.39, 0.29) is 22.4 Å². The molecule has 0 saturated heterocycles. The van der Waals surface area contributed by atoms with E-state index in [2.05, 4.69) is 15.0 Å². The Morgan fingerprint density at radius 2 is 1.91 bits per heavy atom. The van der Waals surface area contributed by atoms with Gasteiger partial charge >= 0.3 is 0 Å². The number of aromatic nitrogens is 4. The first-order valence-corrected chi connectivity index (χ1v) is 7.12. The number of imidazole rings is 1. The molecule has 0 aliphatic rings. The summed E-state index contributed by atoms with van der Waals surface area (Å²) >= 11 is 5.67. The maximum absolute atomic E-state index is 14.3. The molecule has 0 fully saturated rings. The van der Waals surface area contributed by atoms with Crippen molar-refractivity contribution < 1.29 is 8.78 Å². The van der Waals surface area contributed by atoms with E-state index in [0.29, 0.717) is 16.9 Å². The molecule has 3 rings (SSSR count). The van der Waals surface area contributed by atoms with Gasteiger partial charge in [-0.05, 0) is 32.9 Å². The van der Waals surface area contributed by atoms with Crippen molar-refractivity contribution in [1.29, 1.82) is 0 Å². The van der Waals surface area contributed by atoms with Crippen molar-refractivity contribution in [2.45, 2.75) is 26.8 Å². The number of aryl methyl sites for hydroxylation is 1. The summed E-state index contributed by atoms with van der Waals surface area (Å²) in [4.78, 5) is 11.7. The molecule has 0 bridgehead atoms. The summed E-state index contributed by atoms with van der Waals surface area (Å²) in [6.07, 6.45) is 1.15. The van der Waals surface area contributed by atoms with Gasteiger partial charge < -0.3 is 4.57 Å². The lowest BCUT2D eigenvalue weighted by Gasteiger charge is -2.11. The second-order valence-electron chi connectivity index (χ2n) is 5.28. The van der Waals surface area contributed by atoms with Crippen LogP contribution >= 0.6 is 11.6 Å². The zero-order chi connectivity index (χ0) is 16.0. The van der Waals surface area contributed by atoms with Crippen LogP contribution in [0.1, 0.15) is 25.7 Å².